The molecule has 0 aromatic heterocycles. The monoisotopic (exact) mass is 599 g/mol. The fourth-order valence-corrected chi connectivity index (χ4v) is 4.30. The molecular weight excluding hydrogens is 554 g/mol. The van der Waals surface area contributed by atoms with Gasteiger partial charge in [0.1, 0.15) is 18.7 Å². The van der Waals surface area contributed by atoms with Crippen molar-refractivity contribution in [2.75, 3.05) is 13.1 Å². The highest BCUT2D eigenvalue weighted by atomic mass is 16.5. The van der Waals surface area contributed by atoms with Crippen molar-refractivity contribution in [3.63, 3.8) is 0 Å². The average molecular weight is 600 g/mol. The molecule has 1 aliphatic rings. The molecule has 0 unspecified atom stereocenters. The highest BCUT2D eigenvalue weighted by Crippen LogP contribution is 2.17. The summed E-state index contributed by atoms with van der Waals surface area (Å²) in [7, 11) is 0. The summed E-state index contributed by atoms with van der Waals surface area (Å²) in [6, 6.07) is 6.17. The first-order chi connectivity index (χ1) is 20.3. The van der Waals surface area contributed by atoms with Gasteiger partial charge in [0, 0.05) is 30.5 Å². The summed E-state index contributed by atoms with van der Waals surface area (Å²) in [5.41, 5.74) is 0.0146. The molecule has 236 valence electrons. The molecule has 1 aliphatic heterocycles. The second-order valence-electron chi connectivity index (χ2n) is 11.7. The van der Waals surface area contributed by atoms with E-state index in [1.165, 1.54) is 13.0 Å². The number of benzene rings is 1. The number of hydrogen-bond acceptors (Lipinski definition) is 7. The number of alkyl carbamates (subject to hydrolysis) is 1. The van der Waals surface area contributed by atoms with Crippen molar-refractivity contribution < 1.29 is 33.5 Å². The minimum Gasteiger partial charge on any atom is -0.445 e. The molecule has 4 atom stereocenters. The zero-order valence-electron chi connectivity index (χ0n) is 25.7. The number of carbonyl (C=O) groups excluding carboxylic acids is 6. The Bertz CT molecular complexity index is 1160. The Labute approximate surface area is 253 Å². The van der Waals surface area contributed by atoms with Gasteiger partial charge in [0.05, 0.1) is 0 Å². The molecule has 1 heterocycles. The lowest BCUT2D eigenvalue weighted by molar-refractivity contribution is -0.131. The predicted octanol–water partition coefficient (Wildman–Crippen LogP) is 1.88. The van der Waals surface area contributed by atoms with E-state index in [-0.39, 0.29) is 43.1 Å². The number of rotatable bonds is 15. The zero-order valence-corrected chi connectivity index (χ0v) is 25.7. The Morgan fingerprint density at radius 3 is 2.28 bits per heavy atom. The molecule has 0 spiro atoms. The van der Waals surface area contributed by atoms with Gasteiger partial charge in [-0.15, -0.1) is 0 Å². The van der Waals surface area contributed by atoms with E-state index in [9.17, 15) is 28.8 Å². The van der Waals surface area contributed by atoms with Crippen LogP contribution < -0.4 is 26.6 Å². The van der Waals surface area contributed by atoms with Crippen LogP contribution in [0.4, 0.5) is 4.79 Å². The molecule has 1 saturated heterocycles. The normalized spacial score (nSPS) is 16.9. The van der Waals surface area contributed by atoms with E-state index in [2.05, 4.69) is 26.6 Å². The van der Waals surface area contributed by atoms with E-state index in [4.69, 9.17) is 4.74 Å². The number of carbonyl (C=O) groups is 6. The quantitative estimate of drug-likeness (QED) is 0.192. The average Bonchev–Trinajstić information content (AvgIpc) is 3.35. The summed E-state index contributed by atoms with van der Waals surface area (Å²) >= 11 is 0. The second-order valence-corrected chi connectivity index (χ2v) is 11.7. The summed E-state index contributed by atoms with van der Waals surface area (Å²) in [6.07, 6.45) is 3.76. The van der Waals surface area contributed by atoms with E-state index < -0.39 is 41.4 Å². The van der Waals surface area contributed by atoms with Crippen molar-refractivity contribution in [2.24, 2.45) is 11.3 Å². The van der Waals surface area contributed by atoms with Crippen LogP contribution in [0.15, 0.2) is 42.5 Å². The highest BCUT2D eigenvalue weighted by Gasteiger charge is 2.31. The Morgan fingerprint density at radius 1 is 1.02 bits per heavy atom. The molecule has 0 radical (unpaired) electrons. The van der Waals surface area contributed by atoms with Gasteiger partial charge in [-0.3, -0.25) is 24.0 Å². The molecule has 12 nitrogen and oxygen atoms in total. The van der Waals surface area contributed by atoms with Gasteiger partial charge in [-0.05, 0) is 37.8 Å². The van der Waals surface area contributed by atoms with Crippen molar-refractivity contribution in [3.8, 4) is 0 Å². The van der Waals surface area contributed by atoms with Crippen LogP contribution >= 0.6 is 0 Å². The molecule has 12 heteroatoms. The van der Waals surface area contributed by atoms with Gasteiger partial charge in [0.25, 0.3) is 0 Å². The van der Waals surface area contributed by atoms with E-state index in [1.54, 1.807) is 51.1 Å². The number of nitrogens with one attached hydrogen (secondary N) is 5. The molecule has 0 bridgehead atoms. The fourth-order valence-electron chi connectivity index (χ4n) is 4.30. The standard InChI is InChI=1S/C31H45N5O7/c1-6-10-24(27(39)34-23(14-13-20(2)37)17-22-15-16-32-26(22)38)35-28(40)25(18-33-29(41)31(3,4)5)36-30(42)43-19-21-11-8-7-9-12-21/h7-9,11-14,22-25H,6,10,15-19H2,1-5H3,(H,32,38)(H,33,41)(H,34,39)(H,35,40)(H,36,42)/b14-13+/t22-,23+,24-,25-/m0/s1. The lowest BCUT2D eigenvalue weighted by Gasteiger charge is -2.26. The van der Waals surface area contributed by atoms with Crippen LogP contribution in [0, 0.1) is 11.3 Å². The summed E-state index contributed by atoms with van der Waals surface area (Å²) in [6.45, 7) is 8.67. The number of allylic oxidation sites excluding steroid dienone is 1. The van der Waals surface area contributed by atoms with E-state index in [0.717, 1.165) is 5.56 Å². The molecule has 2 rings (SSSR count). The number of ether oxygens (including phenoxy) is 1. The number of ketones is 1. The minimum absolute atomic E-state index is 0.0234. The maximum atomic E-state index is 13.4. The molecule has 1 aromatic rings. The van der Waals surface area contributed by atoms with Gasteiger partial charge in [-0.1, -0.05) is 70.5 Å². The SMILES string of the molecule is CCC[C@H](NC(=O)[C@H](CNC(=O)C(C)(C)C)NC(=O)OCc1ccccc1)C(=O)N[C@H](/C=C/C(C)=O)C[C@@H]1CCNC1=O. The van der Waals surface area contributed by atoms with Crippen LogP contribution in [0.5, 0.6) is 0 Å². The van der Waals surface area contributed by atoms with Crippen LogP contribution in [0.1, 0.15) is 65.9 Å². The lowest BCUT2D eigenvalue weighted by atomic mass is 9.95. The van der Waals surface area contributed by atoms with Crippen molar-refractivity contribution in [2.45, 2.75) is 85.0 Å². The van der Waals surface area contributed by atoms with Gasteiger partial charge in [0.15, 0.2) is 5.78 Å². The zero-order chi connectivity index (χ0) is 32.0. The maximum absolute atomic E-state index is 13.4. The van der Waals surface area contributed by atoms with Crippen LogP contribution in [-0.4, -0.2) is 66.7 Å². The van der Waals surface area contributed by atoms with E-state index >= 15 is 0 Å². The topological polar surface area (TPSA) is 172 Å². The third-order valence-corrected chi connectivity index (χ3v) is 6.77. The van der Waals surface area contributed by atoms with Crippen molar-refractivity contribution in [1.82, 2.24) is 26.6 Å². The number of amides is 5. The van der Waals surface area contributed by atoms with E-state index in [0.29, 0.717) is 25.8 Å². The second kappa shape index (κ2) is 17.0. The first-order valence-electron chi connectivity index (χ1n) is 14.6. The summed E-state index contributed by atoms with van der Waals surface area (Å²) in [5.74, 6) is -2.16. The van der Waals surface area contributed by atoms with Gasteiger partial charge >= 0.3 is 6.09 Å². The molecule has 43 heavy (non-hydrogen) atoms. The van der Waals surface area contributed by atoms with Crippen LogP contribution in [0.2, 0.25) is 0 Å². The van der Waals surface area contributed by atoms with Crippen LogP contribution in [0.3, 0.4) is 0 Å². The van der Waals surface area contributed by atoms with Crippen molar-refractivity contribution >= 4 is 35.5 Å². The van der Waals surface area contributed by atoms with Crippen molar-refractivity contribution in [3.05, 3.63) is 48.0 Å². The molecule has 1 fully saturated rings. The molecule has 1 aromatic carbocycles. The summed E-state index contributed by atoms with van der Waals surface area (Å²) in [5, 5.41) is 13.5. The van der Waals surface area contributed by atoms with Gasteiger partial charge in [-0.2, -0.15) is 0 Å². The van der Waals surface area contributed by atoms with Gasteiger partial charge in [-0.25, -0.2) is 4.79 Å². The van der Waals surface area contributed by atoms with Gasteiger partial charge < -0.3 is 31.3 Å². The third kappa shape index (κ3) is 12.7. The molecule has 5 N–H and O–H groups in total. The largest absolute Gasteiger partial charge is 0.445 e. The minimum atomic E-state index is -1.24. The molecule has 0 saturated carbocycles. The predicted molar refractivity (Wildman–Crippen MR) is 160 cm³/mol. The molecular formula is C31H45N5O7. The van der Waals surface area contributed by atoms with E-state index in [1.807, 2.05) is 13.0 Å². The summed E-state index contributed by atoms with van der Waals surface area (Å²) in [4.78, 5) is 75.6. The Balaban J connectivity index is 2.14. The highest BCUT2D eigenvalue weighted by molar-refractivity contribution is 5.92. The lowest BCUT2D eigenvalue weighted by Crippen LogP contribution is -2.58. The number of hydrogen-bond donors (Lipinski definition) is 5. The Kier molecular flexibility index (Phi) is 13.9. The molecule has 0 aliphatic carbocycles. The molecule has 5 amide bonds. The maximum Gasteiger partial charge on any atom is 0.408 e. The van der Waals surface area contributed by atoms with Crippen LogP contribution in [0.25, 0.3) is 0 Å². The fraction of sp³-hybridized carbons (Fsp3) is 0.548. The Morgan fingerprint density at radius 2 is 1.70 bits per heavy atom. The Hall–Kier alpha value is -4.22. The first kappa shape index (κ1) is 35.0. The first-order valence-corrected chi connectivity index (χ1v) is 14.6. The third-order valence-electron chi connectivity index (χ3n) is 6.77. The van der Waals surface area contributed by atoms with Gasteiger partial charge in [0.2, 0.25) is 23.6 Å². The summed E-state index contributed by atoms with van der Waals surface area (Å²) < 4.78 is 5.26. The van der Waals surface area contributed by atoms with Crippen LogP contribution in [-0.2, 0) is 35.3 Å². The van der Waals surface area contributed by atoms with Crippen molar-refractivity contribution in [1.29, 1.82) is 0 Å². The smallest absolute Gasteiger partial charge is 0.408 e.